The van der Waals surface area contributed by atoms with Crippen molar-refractivity contribution in [2.75, 3.05) is 7.05 Å². The number of hydrogen-bond donors (Lipinski definition) is 2. The zero-order valence-electron chi connectivity index (χ0n) is 11.4. The third-order valence-corrected chi connectivity index (χ3v) is 5.25. The summed E-state index contributed by atoms with van der Waals surface area (Å²) in [6.07, 6.45) is 1.89. The lowest BCUT2D eigenvalue weighted by Crippen LogP contribution is -2.57. The fraction of sp³-hybridized carbons (Fsp3) is 1.00. The molecule has 3 atom stereocenters. The summed E-state index contributed by atoms with van der Waals surface area (Å²) in [5.41, 5.74) is 0. The van der Waals surface area contributed by atoms with Crippen molar-refractivity contribution in [2.45, 2.75) is 64.7 Å². The molecule has 0 saturated carbocycles. The summed E-state index contributed by atoms with van der Waals surface area (Å²) in [4.78, 5) is 0. The van der Waals surface area contributed by atoms with Crippen molar-refractivity contribution in [3.63, 3.8) is 0 Å². The molecule has 0 aliphatic carbocycles. The van der Waals surface area contributed by atoms with Gasteiger partial charge in [-0.2, -0.15) is 17.4 Å². The van der Waals surface area contributed by atoms with E-state index >= 15 is 0 Å². The van der Waals surface area contributed by atoms with Crippen LogP contribution in [0.15, 0.2) is 0 Å². The van der Waals surface area contributed by atoms with Gasteiger partial charge in [0.25, 0.3) is 10.2 Å². The van der Waals surface area contributed by atoms with E-state index in [1.165, 1.54) is 4.31 Å². The summed E-state index contributed by atoms with van der Waals surface area (Å²) in [5.74, 6) is 0. The molecule has 1 saturated heterocycles. The van der Waals surface area contributed by atoms with Crippen molar-refractivity contribution >= 4 is 10.2 Å². The third-order valence-electron chi connectivity index (χ3n) is 3.47. The van der Waals surface area contributed by atoms with Gasteiger partial charge in [0.2, 0.25) is 0 Å². The predicted molar refractivity (Wildman–Crippen MR) is 70.0 cm³/mol. The van der Waals surface area contributed by atoms with Crippen molar-refractivity contribution in [1.82, 2.24) is 14.3 Å². The minimum absolute atomic E-state index is 0.0163. The van der Waals surface area contributed by atoms with E-state index in [4.69, 9.17) is 0 Å². The molecule has 1 aliphatic rings. The lowest BCUT2D eigenvalue weighted by atomic mass is 9.96. The van der Waals surface area contributed by atoms with E-state index < -0.39 is 10.2 Å². The van der Waals surface area contributed by atoms with Crippen LogP contribution < -0.4 is 10.0 Å². The molecule has 0 amide bonds. The Balaban J connectivity index is 2.65. The van der Waals surface area contributed by atoms with E-state index in [0.29, 0.717) is 6.04 Å². The molecule has 0 aromatic heterocycles. The maximum Gasteiger partial charge on any atom is 0.279 e. The Hall–Kier alpha value is -0.170. The molecule has 1 rings (SSSR count). The molecule has 2 N–H and O–H groups in total. The van der Waals surface area contributed by atoms with Gasteiger partial charge in [-0.25, -0.2) is 0 Å². The highest BCUT2D eigenvalue weighted by Crippen LogP contribution is 2.15. The highest BCUT2D eigenvalue weighted by molar-refractivity contribution is 7.87. The molecular weight excluding hydrogens is 238 g/mol. The van der Waals surface area contributed by atoms with Crippen molar-refractivity contribution in [1.29, 1.82) is 0 Å². The van der Waals surface area contributed by atoms with Gasteiger partial charge in [-0.3, -0.25) is 0 Å². The molecule has 0 radical (unpaired) electrons. The maximum absolute atomic E-state index is 12.1. The van der Waals surface area contributed by atoms with E-state index in [-0.39, 0.29) is 18.1 Å². The quantitative estimate of drug-likeness (QED) is 0.784. The van der Waals surface area contributed by atoms with E-state index in [9.17, 15) is 8.42 Å². The summed E-state index contributed by atoms with van der Waals surface area (Å²) in [7, 11) is -1.76. The van der Waals surface area contributed by atoms with Crippen LogP contribution >= 0.6 is 0 Å². The fourth-order valence-corrected chi connectivity index (χ4v) is 3.47. The average molecular weight is 263 g/mol. The van der Waals surface area contributed by atoms with Crippen LogP contribution in [0.3, 0.4) is 0 Å². The van der Waals surface area contributed by atoms with Gasteiger partial charge in [-0.1, -0.05) is 0 Å². The van der Waals surface area contributed by atoms with Crippen LogP contribution in [0.25, 0.3) is 0 Å². The molecule has 0 aromatic carbocycles. The molecule has 102 valence electrons. The minimum atomic E-state index is -3.37. The number of rotatable bonds is 4. The molecular formula is C11H25N3O2S. The molecule has 3 unspecified atom stereocenters. The standard InChI is InChI=1S/C11H25N3O2S/c1-8(2)14(5)17(15,16)13-11-7-6-9(3)12-10(11)4/h8-13H,6-7H2,1-5H3. The first kappa shape index (κ1) is 14.9. The highest BCUT2D eigenvalue weighted by Gasteiger charge is 2.30. The lowest BCUT2D eigenvalue weighted by Gasteiger charge is -2.35. The van der Waals surface area contributed by atoms with E-state index in [0.717, 1.165) is 12.8 Å². The number of piperidine rings is 1. The van der Waals surface area contributed by atoms with E-state index in [1.807, 2.05) is 20.8 Å². The zero-order chi connectivity index (χ0) is 13.2. The Morgan fingerprint density at radius 1 is 1.29 bits per heavy atom. The maximum atomic E-state index is 12.1. The van der Waals surface area contributed by atoms with Crippen molar-refractivity contribution in [3.8, 4) is 0 Å². The molecule has 1 heterocycles. The Morgan fingerprint density at radius 2 is 1.88 bits per heavy atom. The van der Waals surface area contributed by atoms with Crippen LogP contribution in [0.1, 0.15) is 40.5 Å². The van der Waals surface area contributed by atoms with E-state index in [1.54, 1.807) is 7.05 Å². The highest BCUT2D eigenvalue weighted by atomic mass is 32.2. The van der Waals surface area contributed by atoms with Crippen LogP contribution in [0.2, 0.25) is 0 Å². The van der Waals surface area contributed by atoms with Gasteiger partial charge in [-0.15, -0.1) is 0 Å². The molecule has 17 heavy (non-hydrogen) atoms. The van der Waals surface area contributed by atoms with Crippen LogP contribution in [-0.4, -0.2) is 43.9 Å². The normalized spacial score (nSPS) is 31.1. The average Bonchev–Trinajstić information content (AvgIpc) is 2.21. The third kappa shape index (κ3) is 3.91. The molecule has 6 heteroatoms. The van der Waals surface area contributed by atoms with Crippen molar-refractivity contribution in [3.05, 3.63) is 0 Å². The Kier molecular flexibility index (Phi) is 4.95. The van der Waals surface area contributed by atoms with Gasteiger partial charge in [0.05, 0.1) is 0 Å². The van der Waals surface area contributed by atoms with Crippen LogP contribution in [0, 0.1) is 0 Å². The summed E-state index contributed by atoms with van der Waals surface area (Å²) in [5, 5.41) is 3.37. The second-order valence-electron chi connectivity index (χ2n) is 5.27. The summed E-state index contributed by atoms with van der Waals surface area (Å²) < 4.78 is 28.3. The topological polar surface area (TPSA) is 61.4 Å². The fourth-order valence-electron chi connectivity index (χ4n) is 2.04. The van der Waals surface area contributed by atoms with Crippen LogP contribution in [0.4, 0.5) is 0 Å². The first-order chi connectivity index (χ1) is 7.74. The molecule has 5 nitrogen and oxygen atoms in total. The smallest absolute Gasteiger partial charge is 0.279 e. The SMILES string of the molecule is CC1CCC(NS(=O)(=O)N(C)C(C)C)C(C)N1. The van der Waals surface area contributed by atoms with Crippen LogP contribution in [-0.2, 0) is 10.2 Å². The summed E-state index contributed by atoms with van der Waals surface area (Å²) in [6.45, 7) is 7.88. The van der Waals surface area contributed by atoms with Gasteiger partial charge in [-0.05, 0) is 40.5 Å². The van der Waals surface area contributed by atoms with Gasteiger partial charge >= 0.3 is 0 Å². The van der Waals surface area contributed by atoms with E-state index in [2.05, 4.69) is 17.0 Å². The number of hydrogen-bond acceptors (Lipinski definition) is 3. The molecule has 1 fully saturated rings. The molecule has 0 aromatic rings. The number of nitrogens with zero attached hydrogens (tertiary/aromatic N) is 1. The summed E-state index contributed by atoms with van der Waals surface area (Å²) >= 11 is 0. The van der Waals surface area contributed by atoms with Crippen molar-refractivity contribution < 1.29 is 8.42 Å². The van der Waals surface area contributed by atoms with Gasteiger partial charge < -0.3 is 5.32 Å². The largest absolute Gasteiger partial charge is 0.310 e. The Bertz CT molecular complexity index is 343. The predicted octanol–water partition coefficient (Wildman–Crippen LogP) is 0.690. The monoisotopic (exact) mass is 263 g/mol. The second kappa shape index (κ2) is 5.65. The summed E-state index contributed by atoms with van der Waals surface area (Å²) in [6, 6.07) is 0.596. The minimum Gasteiger partial charge on any atom is -0.310 e. The molecule has 0 spiro atoms. The van der Waals surface area contributed by atoms with Crippen LogP contribution in [0.5, 0.6) is 0 Å². The first-order valence-electron chi connectivity index (χ1n) is 6.25. The Morgan fingerprint density at radius 3 is 2.35 bits per heavy atom. The first-order valence-corrected chi connectivity index (χ1v) is 7.69. The van der Waals surface area contributed by atoms with Gasteiger partial charge in [0.1, 0.15) is 0 Å². The van der Waals surface area contributed by atoms with Gasteiger partial charge in [0.15, 0.2) is 0 Å². The lowest BCUT2D eigenvalue weighted by molar-refractivity contribution is 0.289. The second-order valence-corrected chi connectivity index (χ2v) is 7.03. The number of nitrogens with one attached hydrogen (secondary N) is 2. The van der Waals surface area contributed by atoms with Crippen molar-refractivity contribution in [2.24, 2.45) is 0 Å². The molecule has 0 bridgehead atoms. The zero-order valence-corrected chi connectivity index (χ0v) is 12.2. The van der Waals surface area contributed by atoms with Gasteiger partial charge in [0, 0.05) is 31.2 Å². The molecule has 1 aliphatic heterocycles. The Labute approximate surface area is 105 Å².